The molecule has 1 fully saturated rings. The third-order valence-electron chi connectivity index (χ3n) is 7.29. The minimum Gasteiger partial charge on any atom is -0.347 e. The van der Waals surface area contributed by atoms with Gasteiger partial charge in [0.25, 0.3) is 11.1 Å². The molecule has 0 radical (unpaired) electrons. The standard InChI is InChI=1S/C28H25F4IN6O7S/c1-14-22-21(23(37(2)24(14)40)35-20-9-6-16(33)13-19(20)29)25(41)39(17-7-8-17)27(43)38(22)18-5-3-4-15(12-18)10-11-34-47(44,45)36-46-26(42)28(30,31)32/h3-6,9,12-13,17,34-36H,7-8,10-11H2,1-2H3. The third-order valence-corrected chi connectivity index (χ3v) is 8.85. The van der Waals surface area contributed by atoms with Crippen LogP contribution in [0.2, 0.25) is 0 Å². The molecule has 0 spiro atoms. The van der Waals surface area contributed by atoms with Crippen LogP contribution in [0.3, 0.4) is 0 Å². The van der Waals surface area contributed by atoms with Crippen molar-refractivity contribution in [1.82, 2.24) is 23.3 Å². The molecule has 0 aliphatic heterocycles. The van der Waals surface area contributed by atoms with Crippen LogP contribution >= 0.6 is 22.6 Å². The molecule has 0 saturated heterocycles. The summed E-state index contributed by atoms with van der Waals surface area (Å²) in [7, 11) is -3.26. The van der Waals surface area contributed by atoms with Crippen LogP contribution in [0.5, 0.6) is 0 Å². The molecule has 5 rings (SSSR count). The van der Waals surface area contributed by atoms with Crippen LogP contribution in [0.15, 0.2) is 56.8 Å². The highest BCUT2D eigenvalue weighted by Gasteiger charge is 2.42. The zero-order valence-electron chi connectivity index (χ0n) is 24.4. The molecule has 19 heteroatoms. The van der Waals surface area contributed by atoms with Gasteiger partial charge in [0.2, 0.25) is 0 Å². The number of halogens is 5. The van der Waals surface area contributed by atoms with E-state index in [4.69, 9.17) is 0 Å². The van der Waals surface area contributed by atoms with Crippen molar-refractivity contribution in [2.75, 3.05) is 11.9 Å². The summed E-state index contributed by atoms with van der Waals surface area (Å²) in [4.78, 5) is 56.8. The van der Waals surface area contributed by atoms with Gasteiger partial charge >= 0.3 is 28.0 Å². The van der Waals surface area contributed by atoms with Gasteiger partial charge in [-0.1, -0.05) is 12.1 Å². The van der Waals surface area contributed by atoms with Crippen molar-refractivity contribution in [2.45, 2.75) is 38.4 Å². The van der Waals surface area contributed by atoms with Crippen molar-refractivity contribution in [1.29, 1.82) is 0 Å². The number of alkyl halides is 3. The topological polar surface area (TPSA) is 163 Å². The molecule has 0 atom stereocenters. The van der Waals surface area contributed by atoms with Gasteiger partial charge in [-0.2, -0.15) is 26.3 Å². The Balaban J connectivity index is 1.57. The average Bonchev–Trinajstić information content (AvgIpc) is 3.83. The van der Waals surface area contributed by atoms with E-state index < -0.39 is 51.0 Å². The number of fused-ring (bicyclic) bond motifs is 1. The summed E-state index contributed by atoms with van der Waals surface area (Å²) < 4.78 is 81.8. The number of hydrogen-bond acceptors (Lipinski definition) is 8. The molecule has 0 amide bonds. The van der Waals surface area contributed by atoms with Crippen LogP contribution in [0.4, 0.5) is 29.1 Å². The van der Waals surface area contributed by atoms with Crippen LogP contribution in [-0.4, -0.2) is 40.8 Å². The van der Waals surface area contributed by atoms with Crippen LogP contribution in [-0.2, 0) is 33.3 Å². The lowest BCUT2D eigenvalue weighted by Crippen LogP contribution is -2.41. The van der Waals surface area contributed by atoms with Crippen molar-refractivity contribution >= 4 is 61.2 Å². The van der Waals surface area contributed by atoms with Gasteiger partial charge in [-0.05, 0) is 89.6 Å². The molecule has 1 aliphatic rings. The summed E-state index contributed by atoms with van der Waals surface area (Å²) in [6.45, 7) is 1.09. The molecule has 1 saturated carbocycles. The van der Waals surface area contributed by atoms with Gasteiger partial charge < -0.3 is 10.2 Å². The normalized spacial score (nSPS) is 13.6. The average molecular weight is 793 g/mol. The Bertz CT molecular complexity index is 2210. The second-order valence-electron chi connectivity index (χ2n) is 10.6. The smallest absolute Gasteiger partial charge is 0.347 e. The fraction of sp³-hybridized carbons (Fsp3) is 0.286. The number of rotatable bonds is 10. The van der Waals surface area contributed by atoms with Gasteiger partial charge in [0.05, 0.1) is 16.9 Å². The van der Waals surface area contributed by atoms with E-state index in [1.807, 2.05) is 27.3 Å². The summed E-state index contributed by atoms with van der Waals surface area (Å²) >= 11 is 1.94. The second kappa shape index (κ2) is 12.8. The molecule has 1 aliphatic carbocycles. The summed E-state index contributed by atoms with van der Waals surface area (Å²) in [6.07, 6.45) is -4.33. The van der Waals surface area contributed by atoms with Gasteiger partial charge in [-0.3, -0.25) is 23.3 Å². The first kappa shape index (κ1) is 34.3. The molecule has 0 unspecified atom stereocenters. The Kier molecular flexibility index (Phi) is 9.36. The number of hydrogen-bond donors (Lipinski definition) is 3. The van der Waals surface area contributed by atoms with E-state index >= 15 is 0 Å². The van der Waals surface area contributed by atoms with E-state index in [-0.39, 0.29) is 46.6 Å². The largest absolute Gasteiger partial charge is 0.492 e. The lowest BCUT2D eigenvalue weighted by Gasteiger charge is -2.21. The fourth-order valence-electron chi connectivity index (χ4n) is 4.93. The first-order chi connectivity index (χ1) is 22.0. The van der Waals surface area contributed by atoms with Gasteiger partial charge in [0.1, 0.15) is 17.0 Å². The molecule has 13 nitrogen and oxygen atoms in total. The minimum absolute atomic E-state index is 0.00666. The van der Waals surface area contributed by atoms with Crippen molar-refractivity contribution in [3.8, 4) is 5.69 Å². The molecular weight excluding hydrogens is 767 g/mol. The van der Waals surface area contributed by atoms with Crippen molar-refractivity contribution in [3.05, 3.63) is 94.2 Å². The van der Waals surface area contributed by atoms with Crippen molar-refractivity contribution < 1.29 is 35.6 Å². The number of carbonyl (C=O) groups is 1. The Morgan fingerprint density at radius 3 is 2.43 bits per heavy atom. The molecule has 250 valence electrons. The molecule has 47 heavy (non-hydrogen) atoms. The van der Waals surface area contributed by atoms with Crippen molar-refractivity contribution in [3.63, 3.8) is 0 Å². The van der Waals surface area contributed by atoms with E-state index in [1.54, 1.807) is 18.2 Å². The number of pyridine rings is 1. The first-order valence-corrected chi connectivity index (χ1v) is 16.3. The monoisotopic (exact) mass is 792 g/mol. The number of nitrogens with zero attached hydrogens (tertiary/aromatic N) is 3. The van der Waals surface area contributed by atoms with Gasteiger partial charge in [0.15, 0.2) is 0 Å². The molecule has 2 aromatic heterocycles. The summed E-state index contributed by atoms with van der Waals surface area (Å²) in [6, 6.07) is 10.1. The van der Waals surface area contributed by atoms with Gasteiger partial charge in [-0.15, -0.1) is 0 Å². The summed E-state index contributed by atoms with van der Waals surface area (Å²) in [5.41, 5.74) is -1.24. The van der Waals surface area contributed by atoms with E-state index in [0.717, 1.165) is 9.45 Å². The highest BCUT2D eigenvalue weighted by Crippen LogP contribution is 2.34. The van der Waals surface area contributed by atoms with Crippen LogP contribution in [0.25, 0.3) is 16.6 Å². The minimum atomic E-state index is -5.41. The van der Waals surface area contributed by atoms with Gasteiger partial charge in [0, 0.05) is 28.8 Å². The van der Waals surface area contributed by atoms with Crippen molar-refractivity contribution in [2.24, 2.45) is 7.05 Å². The number of nitrogens with one attached hydrogen (secondary N) is 3. The van der Waals surface area contributed by atoms with Crippen LogP contribution in [0.1, 0.15) is 30.0 Å². The number of aromatic nitrogens is 3. The highest BCUT2D eigenvalue weighted by molar-refractivity contribution is 14.1. The number of anilines is 2. The van der Waals surface area contributed by atoms with E-state index in [0.29, 0.717) is 22.0 Å². The predicted octanol–water partition coefficient (Wildman–Crippen LogP) is 2.97. The van der Waals surface area contributed by atoms with E-state index in [9.17, 15) is 45.2 Å². The molecule has 4 aromatic rings. The summed E-state index contributed by atoms with van der Waals surface area (Å²) in [5.74, 6) is -3.42. The predicted molar refractivity (Wildman–Crippen MR) is 170 cm³/mol. The van der Waals surface area contributed by atoms with Crippen LogP contribution < -0.4 is 31.7 Å². The maximum absolute atomic E-state index is 14.9. The zero-order chi connectivity index (χ0) is 34.4. The Labute approximate surface area is 276 Å². The van der Waals surface area contributed by atoms with Crippen LogP contribution in [0, 0.1) is 16.3 Å². The first-order valence-electron chi connectivity index (χ1n) is 13.8. The molecule has 2 heterocycles. The van der Waals surface area contributed by atoms with E-state index in [2.05, 4.69) is 10.2 Å². The Morgan fingerprint density at radius 2 is 1.79 bits per heavy atom. The maximum Gasteiger partial charge on any atom is 0.492 e. The lowest BCUT2D eigenvalue weighted by atomic mass is 10.1. The highest BCUT2D eigenvalue weighted by atomic mass is 127. The zero-order valence-corrected chi connectivity index (χ0v) is 27.4. The number of aryl methyl sites for hydroxylation is 1. The Hall–Kier alpha value is -4.08. The number of carbonyl (C=O) groups excluding carboxylic acids is 1. The maximum atomic E-state index is 14.9. The number of benzene rings is 2. The van der Waals surface area contributed by atoms with Gasteiger partial charge in [-0.25, -0.2) is 14.0 Å². The quantitative estimate of drug-likeness (QED) is 0.126. The molecule has 0 bridgehead atoms. The third kappa shape index (κ3) is 7.11. The second-order valence-corrected chi connectivity index (χ2v) is 13.3. The van der Waals surface area contributed by atoms with E-state index in [1.165, 1.54) is 47.4 Å². The SMILES string of the molecule is Cc1c(=O)n(C)c(Nc2ccc(I)cc2F)c2c(=O)n(C3CC3)c(=O)n(-c3cccc(CCNS(=O)(=O)NOC(=O)C(F)(F)F)c3)c12. The molecular formula is C28H25F4IN6O7S. The fourth-order valence-corrected chi connectivity index (χ4v) is 6.00. The Morgan fingerprint density at radius 1 is 1.09 bits per heavy atom. The molecule has 2 aromatic carbocycles. The molecule has 3 N–H and O–H groups in total. The summed E-state index contributed by atoms with van der Waals surface area (Å²) in [5, 5.41) is 2.84. The lowest BCUT2D eigenvalue weighted by molar-refractivity contribution is -0.203.